The Hall–Kier alpha value is -1.51. The Morgan fingerprint density at radius 1 is 1.32 bits per heavy atom. The van der Waals surface area contributed by atoms with Gasteiger partial charge in [-0.2, -0.15) is 0 Å². The Bertz CT molecular complexity index is 427. The quantitative estimate of drug-likeness (QED) is 0.848. The molecule has 0 aliphatic rings. The van der Waals surface area contributed by atoms with Crippen LogP contribution >= 0.6 is 0 Å². The van der Waals surface area contributed by atoms with Crippen molar-refractivity contribution < 1.29 is 4.79 Å². The number of hydrogen-bond donors (Lipinski definition) is 1. The number of anilines is 1. The second-order valence-electron chi connectivity index (χ2n) is 5.17. The fourth-order valence-corrected chi connectivity index (χ4v) is 2.17. The summed E-state index contributed by atoms with van der Waals surface area (Å²) >= 11 is 0. The van der Waals surface area contributed by atoms with Crippen molar-refractivity contribution in [2.75, 3.05) is 18.4 Å². The summed E-state index contributed by atoms with van der Waals surface area (Å²) in [5.74, 6) is 0.118. The number of hydrogen-bond acceptors (Lipinski definition) is 2. The summed E-state index contributed by atoms with van der Waals surface area (Å²) < 4.78 is 0. The topological polar surface area (TPSA) is 32.3 Å². The van der Waals surface area contributed by atoms with Crippen LogP contribution in [-0.2, 0) is 0 Å². The molecule has 3 nitrogen and oxygen atoms in total. The van der Waals surface area contributed by atoms with E-state index in [1.807, 2.05) is 36.9 Å². The standard InChI is InChI=1S/C16H26N2O/c1-6-10-18(12(3)4)16(19)14-9-8-13(5)11-15(14)17-7-2/h8-9,11-12,17H,6-7,10H2,1-5H3. The highest BCUT2D eigenvalue weighted by Crippen LogP contribution is 2.20. The minimum absolute atomic E-state index is 0.118. The van der Waals surface area contributed by atoms with Gasteiger partial charge in [-0.05, 0) is 51.8 Å². The number of carbonyl (C=O) groups excluding carboxylic acids is 1. The van der Waals surface area contributed by atoms with Crippen molar-refractivity contribution in [2.24, 2.45) is 0 Å². The molecule has 0 heterocycles. The van der Waals surface area contributed by atoms with Crippen LogP contribution < -0.4 is 5.32 Å². The van der Waals surface area contributed by atoms with Crippen molar-refractivity contribution in [3.05, 3.63) is 29.3 Å². The monoisotopic (exact) mass is 262 g/mol. The minimum Gasteiger partial charge on any atom is -0.385 e. The highest BCUT2D eigenvalue weighted by molar-refractivity contribution is 5.99. The van der Waals surface area contributed by atoms with Crippen LogP contribution in [0.25, 0.3) is 0 Å². The molecule has 0 saturated heterocycles. The van der Waals surface area contributed by atoms with Gasteiger partial charge in [0.25, 0.3) is 5.91 Å². The molecular weight excluding hydrogens is 236 g/mol. The molecule has 0 aromatic heterocycles. The zero-order chi connectivity index (χ0) is 14.4. The van der Waals surface area contributed by atoms with Crippen molar-refractivity contribution in [3.8, 4) is 0 Å². The zero-order valence-corrected chi connectivity index (χ0v) is 12.8. The molecule has 0 spiro atoms. The van der Waals surface area contributed by atoms with Crippen LogP contribution in [0.3, 0.4) is 0 Å². The van der Waals surface area contributed by atoms with E-state index in [0.29, 0.717) is 0 Å². The van der Waals surface area contributed by atoms with E-state index in [1.165, 1.54) is 5.56 Å². The molecule has 3 heteroatoms. The van der Waals surface area contributed by atoms with E-state index in [9.17, 15) is 4.79 Å². The molecule has 1 amide bonds. The van der Waals surface area contributed by atoms with Crippen LogP contribution in [0.15, 0.2) is 18.2 Å². The van der Waals surface area contributed by atoms with Crippen LogP contribution in [0.2, 0.25) is 0 Å². The largest absolute Gasteiger partial charge is 0.385 e. The fourth-order valence-electron chi connectivity index (χ4n) is 2.17. The molecule has 0 unspecified atom stereocenters. The summed E-state index contributed by atoms with van der Waals surface area (Å²) in [6.45, 7) is 11.9. The van der Waals surface area contributed by atoms with Gasteiger partial charge in [-0.25, -0.2) is 0 Å². The molecule has 0 radical (unpaired) electrons. The summed E-state index contributed by atoms with van der Waals surface area (Å²) in [7, 11) is 0. The first-order valence-corrected chi connectivity index (χ1v) is 7.16. The third-order valence-electron chi connectivity index (χ3n) is 3.12. The van der Waals surface area contributed by atoms with Gasteiger partial charge in [-0.3, -0.25) is 4.79 Å². The molecule has 0 saturated carbocycles. The summed E-state index contributed by atoms with van der Waals surface area (Å²) in [5, 5.41) is 3.29. The molecule has 19 heavy (non-hydrogen) atoms. The Labute approximate surface area is 117 Å². The lowest BCUT2D eigenvalue weighted by Gasteiger charge is -2.27. The number of amides is 1. The van der Waals surface area contributed by atoms with Gasteiger partial charge in [0.15, 0.2) is 0 Å². The average Bonchev–Trinajstić information content (AvgIpc) is 2.35. The van der Waals surface area contributed by atoms with E-state index in [2.05, 4.69) is 26.1 Å². The normalized spacial score (nSPS) is 10.6. The molecule has 0 aliphatic heterocycles. The van der Waals surface area contributed by atoms with Crippen LogP contribution in [0, 0.1) is 6.92 Å². The minimum atomic E-state index is 0.118. The molecule has 0 aliphatic carbocycles. The lowest BCUT2D eigenvalue weighted by Crippen LogP contribution is -2.37. The maximum Gasteiger partial charge on any atom is 0.256 e. The van der Waals surface area contributed by atoms with Crippen LogP contribution in [0.4, 0.5) is 5.69 Å². The molecule has 1 rings (SSSR count). The Kier molecular flexibility index (Phi) is 5.87. The zero-order valence-electron chi connectivity index (χ0n) is 12.8. The van der Waals surface area contributed by atoms with Gasteiger partial charge < -0.3 is 10.2 Å². The van der Waals surface area contributed by atoms with Crippen molar-refractivity contribution >= 4 is 11.6 Å². The number of carbonyl (C=O) groups is 1. The van der Waals surface area contributed by atoms with Crippen LogP contribution in [0.5, 0.6) is 0 Å². The lowest BCUT2D eigenvalue weighted by molar-refractivity contribution is 0.0707. The van der Waals surface area contributed by atoms with Crippen molar-refractivity contribution in [1.82, 2.24) is 4.90 Å². The average molecular weight is 262 g/mol. The van der Waals surface area contributed by atoms with E-state index in [1.54, 1.807) is 0 Å². The van der Waals surface area contributed by atoms with Crippen molar-refractivity contribution in [3.63, 3.8) is 0 Å². The number of aryl methyl sites for hydroxylation is 1. The molecule has 1 aromatic rings. The third-order valence-corrected chi connectivity index (χ3v) is 3.12. The molecule has 1 aromatic carbocycles. The Morgan fingerprint density at radius 2 is 2.00 bits per heavy atom. The number of benzene rings is 1. The van der Waals surface area contributed by atoms with Gasteiger partial charge in [0.2, 0.25) is 0 Å². The van der Waals surface area contributed by atoms with Gasteiger partial charge in [0, 0.05) is 24.8 Å². The number of rotatable bonds is 6. The van der Waals surface area contributed by atoms with Crippen molar-refractivity contribution in [2.45, 2.75) is 47.1 Å². The third kappa shape index (κ3) is 3.98. The van der Waals surface area contributed by atoms with Gasteiger partial charge in [0.05, 0.1) is 5.56 Å². The van der Waals surface area contributed by atoms with E-state index >= 15 is 0 Å². The second-order valence-corrected chi connectivity index (χ2v) is 5.17. The van der Waals surface area contributed by atoms with E-state index in [0.717, 1.165) is 30.8 Å². The van der Waals surface area contributed by atoms with E-state index in [-0.39, 0.29) is 11.9 Å². The predicted molar refractivity (Wildman–Crippen MR) is 81.8 cm³/mol. The van der Waals surface area contributed by atoms with E-state index in [4.69, 9.17) is 0 Å². The van der Waals surface area contributed by atoms with Crippen LogP contribution in [-0.4, -0.2) is 29.9 Å². The van der Waals surface area contributed by atoms with Gasteiger partial charge in [0.1, 0.15) is 0 Å². The predicted octanol–water partition coefficient (Wildman–Crippen LogP) is 3.69. The molecule has 1 N–H and O–H groups in total. The maximum atomic E-state index is 12.7. The molecular formula is C16H26N2O. The summed E-state index contributed by atoms with van der Waals surface area (Å²) in [5.41, 5.74) is 2.88. The van der Waals surface area contributed by atoms with E-state index < -0.39 is 0 Å². The Morgan fingerprint density at radius 3 is 2.53 bits per heavy atom. The molecule has 0 bridgehead atoms. The Balaban J connectivity index is 3.09. The van der Waals surface area contributed by atoms with Gasteiger partial charge in [-0.15, -0.1) is 0 Å². The second kappa shape index (κ2) is 7.17. The molecule has 0 atom stereocenters. The molecule has 0 fully saturated rings. The highest BCUT2D eigenvalue weighted by Gasteiger charge is 2.20. The summed E-state index contributed by atoms with van der Waals surface area (Å²) in [6, 6.07) is 6.20. The van der Waals surface area contributed by atoms with Gasteiger partial charge >= 0.3 is 0 Å². The van der Waals surface area contributed by atoms with Crippen LogP contribution in [0.1, 0.15) is 50.0 Å². The van der Waals surface area contributed by atoms with Gasteiger partial charge in [-0.1, -0.05) is 13.0 Å². The first-order chi connectivity index (χ1) is 9.01. The molecule has 106 valence electrons. The first-order valence-electron chi connectivity index (χ1n) is 7.16. The maximum absolute atomic E-state index is 12.7. The lowest BCUT2D eigenvalue weighted by atomic mass is 10.1. The first kappa shape index (κ1) is 15.5. The fraction of sp³-hybridized carbons (Fsp3) is 0.562. The smallest absolute Gasteiger partial charge is 0.256 e. The summed E-state index contributed by atoms with van der Waals surface area (Å²) in [4.78, 5) is 14.6. The number of nitrogens with one attached hydrogen (secondary N) is 1. The SMILES string of the molecule is CCCN(C(=O)c1ccc(C)cc1NCC)C(C)C. The number of nitrogens with zero attached hydrogens (tertiary/aromatic N) is 1. The highest BCUT2D eigenvalue weighted by atomic mass is 16.2. The summed E-state index contributed by atoms with van der Waals surface area (Å²) in [6.07, 6.45) is 0.978. The van der Waals surface area contributed by atoms with Crippen molar-refractivity contribution in [1.29, 1.82) is 0 Å².